The molecule has 0 amide bonds. The van der Waals surface area contributed by atoms with Gasteiger partial charge >= 0.3 is 0 Å². The van der Waals surface area contributed by atoms with E-state index in [-0.39, 0.29) is 16.8 Å². The van der Waals surface area contributed by atoms with Gasteiger partial charge in [0.25, 0.3) is 0 Å². The first kappa shape index (κ1) is 26.9. The quantitative estimate of drug-likeness (QED) is 0.200. The molecule has 1 unspecified atom stereocenters. The van der Waals surface area contributed by atoms with E-state index in [1.54, 1.807) is 43.3 Å². The molecule has 1 aromatic heterocycles. The molecule has 0 aliphatic carbocycles. The van der Waals surface area contributed by atoms with Gasteiger partial charge in [-0.2, -0.15) is 11.8 Å². The number of hydrogen-bond donors (Lipinski definition) is 2. The van der Waals surface area contributed by atoms with Crippen LogP contribution in [0.4, 0.5) is 10.1 Å². The van der Waals surface area contributed by atoms with E-state index in [0.29, 0.717) is 23.3 Å². The number of carbonyl (C=O) groups excluding carboxylic acids is 2. The molecule has 3 rings (SSSR count). The van der Waals surface area contributed by atoms with Crippen LogP contribution in [0.5, 0.6) is 5.75 Å². The van der Waals surface area contributed by atoms with Gasteiger partial charge in [0.15, 0.2) is 6.29 Å². The normalized spacial score (nSPS) is 12.4. The number of aldehydes is 1. The summed E-state index contributed by atoms with van der Waals surface area (Å²) in [5.74, 6) is 0.629. The number of ketones is 1. The van der Waals surface area contributed by atoms with E-state index in [1.807, 2.05) is 19.1 Å². The number of hydrogen-bond acceptors (Lipinski definition) is 7. The van der Waals surface area contributed by atoms with E-state index in [4.69, 9.17) is 10.5 Å². The largest absolute Gasteiger partial charge is 0.497 e. The minimum atomic E-state index is -0.937. The number of ether oxygens (including phenoxy) is 1. The molecule has 1 atom stereocenters. The highest BCUT2D eigenvalue weighted by Gasteiger charge is 2.26. The molecular weight excluding hydrogens is 477 g/mol. The van der Waals surface area contributed by atoms with Gasteiger partial charge in [0, 0.05) is 34.8 Å². The number of carbonyl (C=O) groups is 2. The van der Waals surface area contributed by atoms with E-state index in [1.165, 1.54) is 24.3 Å². The fraction of sp³-hybridized carbons (Fsp3) is 0.250. The van der Waals surface area contributed by atoms with Crippen LogP contribution in [0.1, 0.15) is 34.8 Å². The summed E-state index contributed by atoms with van der Waals surface area (Å²) in [4.78, 5) is 29.9. The predicted octanol–water partition coefficient (Wildman–Crippen LogP) is 5.12. The summed E-state index contributed by atoms with van der Waals surface area (Å²) in [6.45, 7) is 1.85. The van der Waals surface area contributed by atoms with Crippen LogP contribution < -0.4 is 15.8 Å². The van der Waals surface area contributed by atoms with Gasteiger partial charge in [0.1, 0.15) is 17.6 Å². The van der Waals surface area contributed by atoms with Crippen molar-refractivity contribution < 1.29 is 18.7 Å². The number of anilines is 1. The number of halogens is 1. The molecule has 0 aliphatic rings. The van der Waals surface area contributed by atoms with Gasteiger partial charge in [0.2, 0.25) is 5.78 Å². The SMILES string of the molecule is COc1cc(CCCSC)cc(NC(C(=O)C(N)=C(C=O)c2cccc(F)c2)c2ccc(C)nc2)c1. The minimum Gasteiger partial charge on any atom is -0.497 e. The molecule has 0 radical (unpaired) electrons. The molecule has 3 N–H and O–H groups in total. The average molecular weight is 508 g/mol. The van der Waals surface area contributed by atoms with Crippen LogP contribution in [-0.2, 0) is 16.0 Å². The molecule has 0 spiro atoms. The summed E-state index contributed by atoms with van der Waals surface area (Å²) in [5, 5.41) is 3.26. The second-order valence-corrected chi connectivity index (χ2v) is 9.28. The molecule has 0 aliphatic heterocycles. The Balaban J connectivity index is 2.03. The fourth-order valence-corrected chi connectivity index (χ4v) is 4.21. The Morgan fingerprint density at radius 2 is 2.03 bits per heavy atom. The standard InChI is InChI=1S/C28H30FN3O3S/c1-18-9-10-21(16-31-18)27(28(34)26(30)25(17-33)20-7-4-8-22(29)14-20)32-23-12-19(6-5-11-36-3)13-24(15-23)35-2/h4,7-10,12-17,27,32H,5-6,11,30H2,1-3H3. The Hall–Kier alpha value is -3.65. The van der Waals surface area contributed by atoms with Crippen molar-refractivity contribution in [3.05, 3.63) is 94.7 Å². The zero-order valence-electron chi connectivity index (χ0n) is 20.6. The fourth-order valence-electron chi connectivity index (χ4n) is 3.78. The Bertz CT molecular complexity index is 1250. The number of aromatic nitrogens is 1. The molecular formula is C28H30FN3O3S. The smallest absolute Gasteiger partial charge is 0.205 e. The van der Waals surface area contributed by atoms with E-state index in [9.17, 15) is 14.0 Å². The number of nitrogens with zero attached hydrogens (tertiary/aromatic N) is 1. The maximum atomic E-state index is 13.8. The summed E-state index contributed by atoms with van der Waals surface area (Å²) >= 11 is 1.79. The minimum absolute atomic E-state index is 0.0743. The number of thioether (sulfide) groups is 1. The third-order valence-electron chi connectivity index (χ3n) is 5.67. The van der Waals surface area contributed by atoms with Crippen molar-refractivity contribution in [1.29, 1.82) is 0 Å². The van der Waals surface area contributed by atoms with Gasteiger partial charge in [-0.25, -0.2) is 4.39 Å². The second-order valence-electron chi connectivity index (χ2n) is 8.30. The molecule has 36 heavy (non-hydrogen) atoms. The highest BCUT2D eigenvalue weighted by Crippen LogP contribution is 2.29. The van der Waals surface area contributed by atoms with Gasteiger partial charge < -0.3 is 15.8 Å². The summed E-state index contributed by atoms with van der Waals surface area (Å²) in [7, 11) is 1.59. The Labute approximate surface area is 215 Å². The van der Waals surface area contributed by atoms with Gasteiger partial charge in [-0.1, -0.05) is 18.2 Å². The molecule has 0 fully saturated rings. The number of aryl methyl sites for hydroxylation is 2. The maximum absolute atomic E-state index is 13.8. The summed E-state index contributed by atoms with van der Waals surface area (Å²) < 4.78 is 19.3. The average Bonchev–Trinajstić information content (AvgIpc) is 2.88. The summed E-state index contributed by atoms with van der Waals surface area (Å²) in [6.07, 6.45) is 6.00. The molecule has 8 heteroatoms. The Morgan fingerprint density at radius 3 is 2.67 bits per heavy atom. The van der Waals surface area contributed by atoms with E-state index < -0.39 is 17.6 Å². The van der Waals surface area contributed by atoms with Gasteiger partial charge in [0.05, 0.1) is 12.8 Å². The number of rotatable bonds is 12. The summed E-state index contributed by atoms with van der Waals surface area (Å²) in [6, 6.07) is 13.8. The lowest BCUT2D eigenvalue weighted by Crippen LogP contribution is -2.27. The van der Waals surface area contributed by atoms with Crippen LogP contribution >= 0.6 is 11.8 Å². The van der Waals surface area contributed by atoms with Crippen molar-refractivity contribution >= 4 is 35.1 Å². The van der Waals surface area contributed by atoms with Gasteiger partial charge in [-0.15, -0.1) is 0 Å². The van der Waals surface area contributed by atoms with Crippen LogP contribution in [0.2, 0.25) is 0 Å². The van der Waals surface area contributed by atoms with Crippen LogP contribution in [0.3, 0.4) is 0 Å². The number of benzene rings is 2. The van der Waals surface area contributed by atoms with Gasteiger partial charge in [-0.3, -0.25) is 14.6 Å². The first-order valence-corrected chi connectivity index (χ1v) is 12.9. The number of methoxy groups -OCH3 is 1. The summed E-state index contributed by atoms with van der Waals surface area (Å²) in [5.41, 5.74) is 9.22. The van der Waals surface area contributed by atoms with Crippen LogP contribution in [0, 0.1) is 12.7 Å². The third kappa shape index (κ3) is 6.95. The number of pyridine rings is 1. The van der Waals surface area contributed by atoms with Crippen LogP contribution in [-0.4, -0.2) is 36.2 Å². The van der Waals surface area contributed by atoms with Crippen molar-refractivity contribution in [2.45, 2.75) is 25.8 Å². The third-order valence-corrected chi connectivity index (χ3v) is 6.36. The van der Waals surface area contributed by atoms with Crippen LogP contribution in [0.15, 0.2) is 66.5 Å². The number of allylic oxidation sites excluding steroid dienone is 1. The van der Waals surface area contributed by atoms with Gasteiger partial charge in [-0.05, 0) is 73.2 Å². The van der Waals surface area contributed by atoms with E-state index in [0.717, 1.165) is 29.9 Å². The predicted molar refractivity (Wildman–Crippen MR) is 144 cm³/mol. The van der Waals surface area contributed by atoms with Crippen molar-refractivity contribution in [1.82, 2.24) is 4.98 Å². The Morgan fingerprint density at radius 1 is 1.22 bits per heavy atom. The lowest BCUT2D eigenvalue weighted by Gasteiger charge is -2.21. The number of nitrogens with one attached hydrogen (secondary N) is 1. The first-order valence-electron chi connectivity index (χ1n) is 11.5. The number of Topliss-reactive ketones (excluding diaryl/α,β-unsaturated/α-hetero) is 1. The first-order chi connectivity index (χ1) is 17.4. The zero-order chi connectivity index (χ0) is 26.1. The monoisotopic (exact) mass is 507 g/mol. The van der Waals surface area contributed by atoms with Crippen LogP contribution in [0.25, 0.3) is 5.57 Å². The molecule has 1 heterocycles. The van der Waals surface area contributed by atoms with Crippen molar-refractivity contribution in [3.63, 3.8) is 0 Å². The lowest BCUT2D eigenvalue weighted by atomic mass is 9.96. The highest BCUT2D eigenvalue weighted by molar-refractivity contribution is 7.98. The van der Waals surface area contributed by atoms with Crippen molar-refractivity contribution in [3.8, 4) is 5.75 Å². The molecule has 188 valence electrons. The van der Waals surface area contributed by atoms with E-state index in [2.05, 4.69) is 16.6 Å². The number of nitrogens with two attached hydrogens (primary N) is 1. The lowest BCUT2D eigenvalue weighted by molar-refractivity contribution is -0.116. The maximum Gasteiger partial charge on any atom is 0.205 e. The molecule has 0 bridgehead atoms. The second kappa shape index (κ2) is 12.9. The molecule has 2 aromatic carbocycles. The molecule has 0 saturated heterocycles. The van der Waals surface area contributed by atoms with Crippen molar-refractivity contribution in [2.75, 3.05) is 24.4 Å². The van der Waals surface area contributed by atoms with Crippen molar-refractivity contribution in [2.24, 2.45) is 5.73 Å². The topological polar surface area (TPSA) is 94.3 Å². The highest BCUT2D eigenvalue weighted by atomic mass is 32.2. The molecule has 0 saturated carbocycles. The van der Waals surface area contributed by atoms with E-state index >= 15 is 0 Å². The zero-order valence-corrected chi connectivity index (χ0v) is 21.4. The Kier molecular flexibility index (Phi) is 9.64. The molecule has 6 nitrogen and oxygen atoms in total. The molecule has 3 aromatic rings.